The second kappa shape index (κ2) is 7.76. The first-order valence-corrected chi connectivity index (χ1v) is 9.41. The van der Waals surface area contributed by atoms with E-state index in [9.17, 15) is 4.79 Å². The number of rotatable bonds is 3. The summed E-state index contributed by atoms with van der Waals surface area (Å²) in [5.74, 6) is 0. The maximum Gasteiger partial charge on any atom is 0.321 e. The molecule has 1 unspecified atom stereocenters. The Bertz CT molecular complexity index is 915. The van der Waals surface area contributed by atoms with Crippen molar-refractivity contribution in [3.63, 3.8) is 0 Å². The molecule has 1 aliphatic heterocycles. The van der Waals surface area contributed by atoms with Crippen LogP contribution in [0.3, 0.4) is 0 Å². The molecular weight excluding hydrogens is 336 g/mol. The van der Waals surface area contributed by atoms with Crippen molar-refractivity contribution in [3.8, 4) is 0 Å². The molecule has 1 fully saturated rings. The fraction of sp³-hybridized carbons (Fsp3) is 0.273. The van der Waals surface area contributed by atoms with Gasteiger partial charge in [-0.15, -0.1) is 0 Å². The van der Waals surface area contributed by atoms with Crippen LogP contribution in [0.4, 0.5) is 10.5 Å². The highest BCUT2D eigenvalue weighted by Crippen LogP contribution is 2.23. The standard InChI is InChI=1S/C22H24N4O/c1-17(18-7-3-2-4-8-18)25-13-15-26(16-14-25)22(27)24-20-11-5-9-19-10-6-12-23-21(19)20/h2-12,17H,13-16H2,1H3,(H,24,27). The van der Waals surface area contributed by atoms with E-state index >= 15 is 0 Å². The Morgan fingerprint density at radius 2 is 1.70 bits per heavy atom. The second-order valence-electron chi connectivity index (χ2n) is 6.92. The minimum atomic E-state index is -0.0554. The molecule has 2 aromatic carbocycles. The van der Waals surface area contributed by atoms with Gasteiger partial charge >= 0.3 is 6.03 Å². The number of hydrogen-bond donors (Lipinski definition) is 1. The van der Waals surface area contributed by atoms with Gasteiger partial charge in [0.2, 0.25) is 0 Å². The first-order valence-electron chi connectivity index (χ1n) is 9.41. The van der Waals surface area contributed by atoms with Crippen LogP contribution in [0.2, 0.25) is 0 Å². The summed E-state index contributed by atoms with van der Waals surface area (Å²) in [7, 11) is 0. The van der Waals surface area contributed by atoms with Crippen molar-refractivity contribution in [2.75, 3.05) is 31.5 Å². The summed E-state index contributed by atoms with van der Waals surface area (Å²) >= 11 is 0. The Labute approximate surface area is 159 Å². The van der Waals surface area contributed by atoms with E-state index in [2.05, 4.69) is 46.4 Å². The van der Waals surface area contributed by atoms with Gasteiger partial charge in [0.25, 0.3) is 0 Å². The van der Waals surface area contributed by atoms with E-state index in [0.29, 0.717) is 6.04 Å². The van der Waals surface area contributed by atoms with Crippen molar-refractivity contribution in [1.82, 2.24) is 14.8 Å². The summed E-state index contributed by atoms with van der Waals surface area (Å²) in [6, 6.07) is 20.6. The first kappa shape index (κ1) is 17.5. The molecule has 1 atom stereocenters. The van der Waals surface area contributed by atoms with Gasteiger partial charge in [0.05, 0.1) is 11.2 Å². The zero-order valence-electron chi connectivity index (χ0n) is 15.5. The number of nitrogens with one attached hydrogen (secondary N) is 1. The molecular formula is C22H24N4O. The monoisotopic (exact) mass is 360 g/mol. The number of carbonyl (C=O) groups is 1. The largest absolute Gasteiger partial charge is 0.322 e. The van der Waals surface area contributed by atoms with E-state index in [4.69, 9.17) is 0 Å². The Morgan fingerprint density at radius 3 is 2.48 bits per heavy atom. The molecule has 0 radical (unpaired) electrons. The van der Waals surface area contributed by atoms with Crippen LogP contribution in [-0.4, -0.2) is 47.0 Å². The third-order valence-electron chi connectivity index (χ3n) is 5.31. The number of para-hydroxylation sites is 1. The van der Waals surface area contributed by atoms with Crippen LogP contribution < -0.4 is 5.32 Å². The van der Waals surface area contributed by atoms with Gasteiger partial charge in [0, 0.05) is 43.8 Å². The molecule has 2 heterocycles. The highest BCUT2D eigenvalue weighted by Gasteiger charge is 2.25. The molecule has 1 aliphatic rings. The number of amides is 2. The van der Waals surface area contributed by atoms with Gasteiger partial charge < -0.3 is 10.2 Å². The summed E-state index contributed by atoms with van der Waals surface area (Å²) in [6.07, 6.45) is 1.75. The third kappa shape index (κ3) is 3.78. The molecule has 0 spiro atoms. The predicted octanol–water partition coefficient (Wildman–Crippen LogP) is 4.15. The molecule has 0 aliphatic carbocycles. The molecule has 2 amide bonds. The molecule has 5 nitrogen and oxygen atoms in total. The van der Waals surface area contributed by atoms with Crippen LogP contribution in [0.15, 0.2) is 66.9 Å². The van der Waals surface area contributed by atoms with Crippen LogP contribution in [0.1, 0.15) is 18.5 Å². The number of fused-ring (bicyclic) bond motifs is 1. The van der Waals surface area contributed by atoms with Crippen molar-refractivity contribution in [3.05, 3.63) is 72.4 Å². The topological polar surface area (TPSA) is 48.5 Å². The van der Waals surface area contributed by atoms with Crippen molar-refractivity contribution in [2.24, 2.45) is 0 Å². The third-order valence-corrected chi connectivity index (χ3v) is 5.31. The molecule has 3 aromatic rings. The molecule has 1 aromatic heterocycles. The zero-order valence-corrected chi connectivity index (χ0v) is 15.5. The lowest BCUT2D eigenvalue weighted by Crippen LogP contribution is -2.50. The van der Waals surface area contributed by atoms with E-state index in [1.54, 1.807) is 6.20 Å². The number of aromatic nitrogens is 1. The van der Waals surface area contributed by atoms with Crippen LogP contribution in [-0.2, 0) is 0 Å². The lowest BCUT2D eigenvalue weighted by Gasteiger charge is -2.38. The van der Waals surface area contributed by atoms with Gasteiger partial charge in [-0.05, 0) is 24.6 Å². The summed E-state index contributed by atoms with van der Waals surface area (Å²) < 4.78 is 0. The Morgan fingerprint density at radius 1 is 0.963 bits per heavy atom. The molecule has 0 bridgehead atoms. The number of pyridine rings is 1. The SMILES string of the molecule is CC(c1ccccc1)N1CCN(C(=O)Nc2cccc3cccnc23)CC1. The van der Waals surface area contributed by atoms with Crippen LogP contribution >= 0.6 is 0 Å². The van der Waals surface area contributed by atoms with E-state index in [-0.39, 0.29) is 6.03 Å². The lowest BCUT2D eigenvalue weighted by molar-refractivity contribution is 0.119. The minimum absolute atomic E-state index is 0.0554. The van der Waals surface area contributed by atoms with E-state index < -0.39 is 0 Å². The van der Waals surface area contributed by atoms with E-state index in [0.717, 1.165) is 42.8 Å². The van der Waals surface area contributed by atoms with Crippen LogP contribution in [0, 0.1) is 0 Å². The van der Waals surface area contributed by atoms with E-state index in [1.165, 1.54) is 5.56 Å². The number of piperazine rings is 1. The molecule has 1 saturated heterocycles. The lowest BCUT2D eigenvalue weighted by atomic mass is 10.1. The van der Waals surface area contributed by atoms with E-state index in [1.807, 2.05) is 41.3 Å². The minimum Gasteiger partial charge on any atom is -0.322 e. The van der Waals surface area contributed by atoms with Gasteiger partial charge in [-0.25, -0.2) is 4.79 Å². The number of urea groups is 1. The van der Waals surface area contributed by atoms with Crippen molar-refractivity contribution in [1.29, 1.82) is 0 Å². The maximum absolute atomic E-state index is 12.7. The molecule has 27 heavy (non-hydrogen) atoms. The fourth-order valence-electron chi connectivity index (χ4n) is 3.65. The summed E-state index contributed by atoms with van der Waals surface area (Å²) in [4.78, 5) is 21.4. The number of hydrogen-bond acceptors (Lipinski definition) is 3. The molecule has 1 N–H and O–H groups in total. The second-order valence-corrected chi connectivity index (χ2v) is 6.92. The average Bonchev–Trinajstić information content (AvgIpc) is 2.74. The zero-order chi connectivity index (χ0) is 18.6. The quantitative estimate of drug-likeness (QED) is 0.763. The Balaban J connectivity index is 1.39. The molecule has 5 heteroatoms. The van der Waals surface area contributed by atoms with Crippen molar-refractivity contribution >= 4 is 22.6 Å². The summed E-state index contributed by atoms with van der Waals surface area (Å²) in [5.41, 5.74) is 2.90. The van der Waals surface area contributed by atoms with Crippen LogP contribution in [0.25, 0.3) is 10.9 Å². The van der Waals surface area contributed by atoms with Gasteiger partial charge in [-0.3, -0.25) is 9.88 Å². The molecule has 4 rings (SSSR count). The smallest absolute Gasteiger partial charge is 0.321 e. The molecule has 138 valence electrons. The average molecular weight is 360 g/mol. The summed E-state index contributed by atoms with van der Waals surface area (Å²) in [6.45, 7) is 5.42. The predicted molar refractivity (Wildman–Crippen MR) is 109 cm³/mol. The first-order chi connectivity index (χ1) is 13.2. The van der Waals surface area contributed by atoms with Gasteiger partial charge in [0.15, 0.2) is 0 Å². The van der Waals surface area contributed by atoms with Crippen molar-refractivity contribution in [2.45, 2.75) is 13.0 Å². The maximum atomic E-state index is 12.7. The Kier molecular flexibility index (Phi) is 5.03. The van der Waals surface area contributed by atoms with Gasteiger partial charge in [-0.2, -0.15) is 0 Å². The normalized spacial score (nSPS) is 16.3. The van der Waals surface area contributed by atoms with Crippen molar-refractivity contribution < 1.29 is 4.79 Å². The van der Waals surface area contributed by atoms with Crippen LogP contribution in [0.5, 0.6) is 0 Å². The van der Waals surface area contributed by atoms with Gasteiger partial charge in [-0.1, -0.05) is 48.5 Å². The number of benzene rings is 2. The number of nitrogens with zero attached hydrogens (tertiary/aromatic N) is 3. The van der Waals surface area contributed by atoms with Gasteiger partial charge in [0.1, 0.15) is 0 Å². The highest BCUT2D eigenvalue weighted by atomic mass is 16.2. The number of anilines is 1. The number of carbonyl (C=O) groups excluding carboxylic acids is 1. The fourth-order valence-corrected chi connectivity index (χ4v) is 3.65. The summed E-state index contributed by atoms with van der Waals surface area (Å²) in [5, 5.41) is 4.06. The Hall–Kier alpha value is -2.92. The highest BCUT2D eigenvalue weighted by molar-refractivity contribution is 5.99. The molecule has 0 saturated carbocycles.